The first-order chi connectivity index (χ1) is 21.4. The van der Waals surface area contributed by atoms with E-state index in [9.17, 15) is 9.59 Å². The number of fused-ring (bicyclic) bond motifs is 1. The number of carbonyl (C=O) groups excluding carboxylic acids is 1. The second kappa shape index (κ2) is 12.3. The highest BCUT2D eigenvalue weighted by Crippen LogP contribution is 2.36. The Hall–Kier alpha value is -4.95. The van der Waals surface area contributed by atoms with Crippen molar-refractivity contribution in [3.05, 3.63) is 103 Å². The zero-order chi connectivity index (χ0) is 30.8. The van der Waals surface area contributed by atoms with Crippen LogP contribution in [0.3, 0.4) is 0 Å². The van der Waals surface area contributed by atoms with Crippen LogP contribution >= 0.6 is 23.1 Å². The Kier molecular flexibility index (Phi) is 8.17. The van der Waals surface area contributed by atoms with E-state index >= 15 is 0 Å². The Bertz CT molecular complexity index is 2060. The van der Waals surface area contributed by atoms with Crippen molar-refractivity contribution < 1.29 is 23.4 Å². The summed E-state index contributed by atoms with van der Waals surface area (Å²) in [5.74, 6) is 0.893. The molecular weight excluding hydrogens is 605 g/mol. The molecule has 2 aromatic carbocycles. The lowest BCUT2D eigenvalue weighted by atomic mass is 9.95. The summed E-state index contributed by atoms with van der Waals surface area (Å²) in [6.07, 6.45) is 1.66. The molecule has 0 saturated carbocycles. The van der Waals surface area contributed by atoms with Gasteiger partial charge in [-0.15, -0.1) is 5.10 Å². The molecule has 224 valence electrons. The minimum absolute atomic E-state index is 0.176. The van der Waals surface area contributed by atoms with Gasteiger partial charge < -0.3 is 18.6 Å². The SMILES string of the molecule is CCOC(=O)C1=C(C)N=c2s/c(=C\c3ccc(Sc4nnnn4-c4ccccc4)o3)c(=O)n2[C@@H]1c1ccc(OC)c(OC)c1. The van der Waals surface area contributed by atoms with Crippen molar-refractivity contribution in [2.24, 2.45) is 4.99 Å². The summed E-state index contributed by atoms with van der Waals surface area (Å²) in [5, 5.41) is 13.0. The van der Waals surface area contributed by atoms with Crippen LogP contribution in [0.2, 0.25) is 0 Å². The van der Waals surface area contributed by atoms with E-state index in [0.717, 1.165) is 5.69 Å². The Morgan fingerprint density at radius 3 is 2.64 bits per heavy atom. The highest BCUT2D eigenvalue weighted by molar-refractivity contribution is 7.99. The number of allylic oxidation sites excluding steroid dienone is 1. The summed E-state index contributed by atoms with van der Waals surface area (Å²) >= 11 is 2.45. The molecular formula is C30H26N6O6S2. The number of rotatable bonds is 9. The average molecular weight is 631 g/mol. The highest BCUT2D eigenvalue weighted by atomic mass is 32.2. The second-order valence-electron chi connectivity index (χ2n) is 9.38. The third-order valence-corrected chi connectivity index (χ3v) is 8.59. The van der Waals surface area contributed by atoms with E-state index in [1.54, 1.807) is 62.0 Å². The van der Waals surface area contributed by atoms with Crippen molar-refractivity contribution in [2.75, 3.05) is 20.8 Å². The largest absolute Gasteiger partial charge is 0.493 e. The number of carbonyl (C=O) groups is 1. The minimum Gasteiger partial charge on any atom is -0.493 e. The van der Waals surface area contributed by atoms with Crippen molar-refractivity contribution in [1.82, 2.24) is 24.8 Å². The van der Waals surface area contributed by atoms with E-state index < -0.39 is 12.0 Å². The molecule has 12 nitrogen and oxygen atoms in total. The van der Waals surface area contributed by atoms with Crippen molar-refractivity contribution in [2.45, 2.75) is 30.1 Å². The van der Waals surface area contributed by atoms with Crippen LogP contribution in [0.5, 0.6) is 11.5 Å². The number of benzene rings is 2. The number of thiazole rings is 1. The maximum absolute atomic E-state index is 14.0. The summed E-state index contributed by atoms with van der Waals surface area (Å²) in [6.45, 7) is 3.64. The summed E-state index contributed by atoms with van der Waals surface area (Å²) in [4.78, 5) is 32.2. The predicted molar refractivity (Wildman–Crippen MR) is 162 cm³/mol. The van der Waals surface area contributed by atoms with Crippen molar-refractivity contribution in [3.63, 3.8) is 0 Å². The van der Waals surface area contributed by atoms with Crippen LogP contribution in [0.1, 0.15) is 31.2 Å². The number of nitrogens with zero attached hydrogens (tertiary/aromatic N) is 6. The van der Waals surface area contributed by atoms with Gasteiger partial charge in [0.1, 0.15) is 5.76 Å². The summed E-state index contributed by atoms with van der Waals surface area (Å²) in [6, 6.07) is 17.5. The van der Waals surface area contributed by atoms with Gasteiger partial charge in [0.25, 0.3) is 5.56 Å². The van der Waals surface area contributed by atoms with Gasteiger partial charge in [-0.05, 0) is 78.0 Å². The van der Waals surface area contributed by atoms with Gasteiger partial charge >= 0.3 is 5.97 Å². The van der Waals surface area contributed by atoms with Crippen LogP contribution in [-0.2, 0) is 9.53 Å². The molecule has 0 saturated heterocycles. The fraction of sp³-hybridized carbons (Fsp3) is 0.200. The van der Waals surface area contributed by atoms with Crippen molar-refractivity contribution in [3.8, 4) is 17.2 Å². The molecule has 5 aromatic rings. The van der Waals surface area contributed by atoms with Gasteiger partial charge in [0.05, 0.1) is 48.4 Å². The number of esters is 1. The van der Waals surface area contributed by atoms with E-state index in [-0.39, 0.29) is 17.7 Å². The van der Waals surface area contributed by atoms with Crippen LogP contribution in [-0.4, -0.2) is 51.6 Å². The Morgan fingerprint density at radius 2 is 1.89 bits per heavy atom. The summed E-state index contributed by atoms with van der Waals surface area (Å²) < 4.78 is 25.8. The van der Waals surface area contributed by atoms with Crippen LogP contribution in [0.4, 0.5) is 0 Å². The normalized spacial score (nSPS) is 14.7. The average Bonchev–Trinajstić information content (AvgIpc) is 3.76. The van der Waals surface area contributed by atoms with E-state index in [2.05, 4.69) is 20.5 Å². The van der Waals surface area contributed by atoms with E-state index in [4.69, 9.17) is 18.6 Å². The lowest BCUT2D eigenvalue weighted by Gasteiger charge is -2.25. The van der Waals surface area contributed by atoms with Crippen molar-refractivity contribution >= 4 is 35.1 Å². The van der Waals surface area contributed by atoms with Gasteiger partial charge in [-0.1, -0.05) is 35.6 Å². The number of hydrogen-bond acceptors (Lipinski definition) is 12. The first-order valence-corrected chi connectivity index (χ1v) is 15.1. The van der Waals surface area contributed by atoms with E-state index in [1.165, 1.54) is 34.8 Å². The van der Waals surface area contributed by atoms with Gasteiger partial charge in [-0.2, -0.15) is 4.68 Å². The first-order valence-electron chi connectivity index (χ1n) is 13.4. The molecule has 0 aliphatic carbocycles. The van der Waals surface area contributed by atoms with Gasteiger partial charge in [0.15, 0.2) is 21.4 Å². The maximum atomic E-state index is 14.0. The molecule has 1 aliphatic rings. The van der Waals surface area contributed by atoms with E-state index in [0.29, 0.717) is 48.1 Å². The number of tetrazole rings is 1. The molecule has 44 heavy (non-hydrogen) atoms. The molecule has 6 rings (SSSR count). The second-order valence-corrected chi connectivity index (χ2v) is 11.4. The maximum Gasteiger partial charge on any atom is 0.338 e. The molecule has 0 bridgehead atoms. The molecule has 4 heterocycles. The number of para-hydroxylation sites is 1. The van der Waals surface area contributed by atoms with Crippen LogP contribution in [0, 0.1) is 0 Å². The number of hydrogen-bond donors (Lipinski definition) is 0. The van der Waals surface area contributed by atoms with Crippen LogP contribution < -0.4 is 24.4 Å². The third-order valence-electron chi connectivity index (χ3n) is 6.75. The summed E-state index contributed by atoms with van der Waals surface area (Å²) in [5.41, 5.74) is 1.85. The Balaban J connectivity index is 1.39. The number of furan rings is 1. The molecule has 1 aliphatic heterocycles. The molecule has 0 spiro atoms. The molecule has 0 amide bonds. The molecule has 3 aromatic heterocycles. The zero-order valence-electron chi connectivity index (χ0n) is 24.1. The standard InChI is InChI=1S/C30H26N6O6S2/c1-5-41-28(38)25-17(2)31-29-35(26(25)18-11-13-21(39-3)22(15-18)40-4)27(37)23(43-29)16-20-12-14-24(42-20)44-30-32-33-34-36(30)19-9-7-6-8-10-19/h6-16,26H,5H2,1-4H3/b23-16-/t26-/m1/s1. The van der Waals surface area contributed by atoms with Crippen molar-refractivity contribution in [1.29, 1.82) is 0 Å². The fourth-order valence-electron chi connectivity index (χ4n) is 4.79. The number of ether oxygens (including phenoxy) is 3. The third kappa shape index (κ3) is 5.44. The molecule has 0 radical (unpaired) electrons. The predicted octanol–water partition coefficient (Wildman–Crippen LogP) is 3.54. The molecule has 0 fully saturated rings. The lowest BCUT2D eigenvalue weighted by molar-refractivity contribution is -0.139. The zero-order valence-corrected chi connectivity index (χ0v) is 25.7. The highest BCUT2D eigenvalue weighted by Gasteiger charge is 2.34. The Labute approximate surface area is 258 Å². The van der Waals surface area contributed by atoms with Crippen LogP contribution in [0.15, 0.2) is 96.4 Å². The molecule has 14 heteroatoms. The quantitative estimate of drug-likeness (QED) is 0.223. The van der Waals surface area contributed by atoms with Gasteiger partial charge in [-0.25, -0.2) is 9.79 Å². The lowest BCUT2D eigenvalue weighted by Crippen LogP contribution is -2.39. The van der Waals surface area contributed by atoms with Crippen LogP contribution in [0.25, 0.3) is 11.8 Å². The van der Waals surface area contributed by atoms with Gasteiger partial charge in [0, 0.05) is 6.08 Å². The molecule has 0 unspecified atom stereocenters. The minimum atomic E-state index is -0.799. The number of aromatic nitrogens is 5. The smallest absolute Gasteiger partial charge is 0.338 e. The monoisotopic (exact) mass is 630 g/mol. The fourth-order valence-corrected chi connectivity index (χ4v) is 6.58. The Morgan fingerprint density at radius 1 is 1.09 bits per heavy atom. The first kappa shape index (κ1) is 29.1. The molecule has 0 N–H and O–H groups in total. The van der Waals surface area contributed by atoms with Gasteiger partial charge in [-0.3, -0.25) is 9.36 Å². The topological polar surface area (TPSA) is 136 Å². The van der Waals surface area contributed by atoms with E-state index in [1.807, 2.05) is 30.3 Å². The van der Waals surface area contributed by atoms with Gasteiger partial charge in [0.2, 0.25) is 5.16 Å². The molecule has 1 atom stereocenters. The summed E-state index contributed by atoms with van der Waals surface area (Å²) in [7, 11) is 3.07. The number of methoxy groups -OCH3 is 2.